The number of hydrogen-bond acceptors (Lipinski definition) is 3. The van der Waals surface area contributed by atoms with Crippen molar-refractivity contribution in [2.24, 2.45) is 4.99 Å². The molecule has 0 fully saturated rings. The third kappa shape index (κ3) is 5.33. The van der Waals surface area contributed by atoms with Gasteiger partial charge in [-0.1, -0.05) is 66.2 Å². The Morgan fingerprint density at radius 2 is 1.66 bits per heavy atom. The molecule has 4 nitrogen and oxygen atoms in total. The predicted octanol–water partition coefficient (Wildman–Crippen LogP) is 6.47. The Kier molecular flexibility index (Phi) is 6.87. The molecule has 35 heavy (non-hydrogen) atoms. The van der Waals surface area contributed by atoms with Crippen molar-refractivity contribution in [2.75, 3.05) is 11.4 Å². The van der Waals surface area contributed by atoms with Crippen molar-refractivity contribution in [1.29, 1.82) is 0 Å². The number of halogens is 6. The van der Waals surface area contributed by atoms with Crippen LogP contribution in [0.3, 0.4) is 0 Å². The lowest BCUT2D eigenvalue weighted by atomic mass is 9.99. The first kappa shape index (κ1) is 24.8. The van der Waals surface area contributed by atoms with Gasteiger partial charge in [0.25, 0.3) is 5.91 Å². The first-order valence-corrected chi connectivity index (χ1v) is 11.0. The first-order chi connectivity index (χ1) is 16.5. The zero-order valence-corrected chi connectivity index (χ0v) is 19.4. The summed E-state index contributed by atoms with van der Waals surface area (Å²) in [7, 11) is 0. The van der Waals surface area contributed by atoms with Crippen molar-refractivity contribution in [3.63, 3.8) is 0 Å². The first-order valence-electron chi connectivity index (χ1n) is 10.3. The molecule has 3 aromatic rings. The Balaban J connectivity index is 1.85. The molecule has 1 aliphatic heterocycles. The maximum Gasteiger partial charge on any atom is 0.406 e. The van der Waals surface area contributed by atoms with Crippen LogP contribution in [0.2, 0.25) is 10.0 Å². The quantitative estimate of drug-likeness (QED) is 0.391. The number of anilines is 1. The van der Waals surface area contributed by atoms with Crippen LogP contribution >= 0.6 is 23.2 Å². The highest BCUT2D eigenvalue weighted by atomic mass is 35.5. The second-order valence-electron chi connectivity index (χ2n) is 7.67. The Hall–Kier alpha value is -3.36. The topological polar surface area (TPSA) is 44.7 Å². The lowest BCUT2D eigenvalue weighted by molar-refractivity contribution is -0.133. The van der Waals surface area contributed by atoms with Crippen molar-refractivity contribution < 1.29 is 22.4 Å². The fraction of sp³-hybridized carbons (Fsp3) is 0.120. The average Bonchev–Trinajstić information content (AvgIpc) is 2.91. The number of alkyl halides is 3. The van der Waals surface area contributed by atoms with E-state index in [4.69, 9.17) is 23.2 Å². The summed E-state index contributed by atoms with van der Waals surface area (Å²) in [4.78, 5) is 18.4. The number of nitrogens with one attached hydrogen (secondary N) is 1. The Morgan fingerprint density at radius 3 is 2.31 bits per heavy atom. The number of amides is 1. The number of para-hydroxylation sites is 1. The van der Waals surface area contributed by atoms with Crippen molar-refractivity contribution in [3.05, 3.63) is 106 Å². The van der Waals surface area contributed by atoms with Crippen LogP contribution in [-0.4, -0.2) is 30.5 Å². The molecule has 0 saturated heterocycles. The Labute approximate surface area is 208 Å². The van der Waals surface area contributed by atoms with E-state index >= 15 is 0 Å². The van der Waals surface area contributed by atoms with Gasteiger partial charge in [-0.3, -0.25) is 9.69 Å². The molecule has 3 aromatic carbocycles. The minimum atomic E-state index is -4.70. The lowest BCUT2D eigenvalue weighted by Crippen LogP contribution is -2.48. The SMILES string of the molecule is C=C(NC1N=C(c2ccccc2F)c2ccccc2N(CC(F)(F)F)C1=O)c1ccc(Cl)c(Cl)c1. The maximum absolute atomic E-state index is 14.8. The fourth-order valence-corrected chi connectivity index (χ4v) is 3.96. The number of benzene rings is 3. The smallest absolute Gasteiger partial charge is 0.356 e. The lowest BCUT2D eigenvalue weighted by Gasteiger charge is -2.27. The molecule has 4 rings (SSSR count). The van der Waals surface area contributed by atoms with Gasteiger partial charge in [-0.25, -0.2) is 9.38 Å². The van der Waals surface area contributed by atoms with Crippen molar-refractivity contribution >= 4 is 46.2 Å². The summed E-state index contributed by atoms with van der Waals surface area (Å²) in [5.74, 6) is -1.62. The Morgan fingerprint density at radius 1 is 1.00 bits per heavy atom. The Bertz CT molecular complexity index is 1340. The van der Waals surface area contributed by atoms with Gasteiger partial charge < -0.3 is 5.32 Å². The molecule has 1 N–H and O–H groups in total. The predicted molar refractivity (Wildman–Crippen MR) is 129 cm³/mol. The zero-order valence-electron chi connectivity index (χ0n) is 17.9. The molecule has 0 spiro atoms. The molecule has 1 atom stereocenters. The number of carbonyl (C=O) groups excluding carboxylic acids is 1. The number of aliphatic imine (C=N–C) groups is 1. The number of rotatable bonds is 5. The van der Waals surface area contributed by atoms with E-state index in [2.05, 4.69) is 16.9 Å². The van der Waals surface area contributed by atoms with Crippen LogP contribution in [0.25, 0.3) is 5.70 Å². The molecular formula is C25H17Cl2F4N3O. The molecule has 1 heterocycles. The number of hydrogen-bond donors (Lipinski definition) is 1. The summed E-state index contributed by atoms with van der Waals surface area (Å²) in [6, 6.07) is 16.2. The van der Waals surface area contributed by atoms with Gasteiger partial charge in [-0.15, -0.1) is 0 Å². The number of nitrogens with zero attached hydrogens (tertiary/aromatic N) is 2. The van der Waals surface area contributed by atoms with Gasteiger partial charge in [0.15, 0.2) is 6.17 Å². The third-order valence-electron chi connectivity index (χ3n) is 5.25. The summed E-state index contributed by atoms with van der Waals surface area (Å²) in [5, 5.41) is 3.29. The molecule has 0 saturated carbocycles. The largest absolute Gasteiger partial charge is 0.406 e. The van der Waals surface area contributed by atoms with Gasteiger partial charge in [0.2, 0.25) is 0 Å². The van der Waals surface area contributed by atoms with Crippen molar-refractivity contribution in [3.8, 4) is 0 Å². The molecule has 0 aromatic heterocycles. The van der Waals surface area contributed by atoms with Crippen LogP contribution < -0.4 is 10.2 Å². The standard InChI is InChI=1S/C25H17Cl2F4N3O/c1-14(15-10-11-18(26)19(27)12-15)32-23-24(35)34(13-25(29,30)31)21-9-5-3-7-17(21)22(33-23)16-6-2-4-8-20(16)28/h2-12,23,32H,1,13H2. The van der Waals surface area contributed by atoms with Crippen LogP contribution in [-0.2, 0) is 4.79 Å². The van der Waals surface area contributed by atoms with Gasteiger partial charge in [-0.05, 0) is 35.9 Å². The molecule has 10 heteroatoms. The zero-order chi connectivity index (χ0) is 25.3. The normalized spacial score (nSPS) is 15.8. The van der Waals surface area contributed by atoms with E-state index in [0.717, 1.165) is 0 Å². The van der Waals surface area contributed by atoms with E-state index in [9.17, 15) is 22.4 Å². The summed E-state index contributed by atoms with van der Waals surface area (Å²) in [5.41, 5.74) is 0.807. The molecule has 180 valence electrons. The van der Waals surface area contributed by atoms with E-state index in [1.54, 1.807) is 18.2 Å². The monoisotopic (exact) mass is 521 g/mol. The van der Waals surface area contributed by atoms with Gasteiger partial charge in [0.05, 0.1) is 21.4 Å². The molecule has 0 aliphatic carbocycles. The molecular weight excluding hydrogens is 505 g/mol. The van der Waals surface area contributed by atoms with Crippen LogP contribution in [0.4, 0.5) is 23.2 Å². The van der Waals surface area contributed by atoms with Crippen LogP contribution in [0, 0.1) is 5.82 Å². The highest BCUT2D eigenvalue weighted by molar-refractivity contribution is 6.42. The molecule has 1 unspecified atom stereocenters. The summed E-state index contributed by atoms with van der Waals surface area (Å²) in [6.07, 6.45) is -6.24. The van der Waals surface area contributed by atoms with Gasteiger partial charge in [0.1, 0.15) is 12.4 Å². The van der Waals surface area contributed by atoms with Gasteiger partial charge >= 0.3 is 6.18 Å². The third-order valence-corrected chi connectivity index (χ3v) is 5.99. The molecule has 0 radical (unpaired) electrons. The highest BCUT2D eigenvalue weighted by Crippen LogP contribution is 2.32. The van der Waals surface area contributed by atoms with E-state index in [1.807, 2.05) is 0 Å². The van der Waals surface area contributed by atoms with Crippen LogP contribution in [0.1, 0.15) is 16.7 Å². The second kappa shape index (κ2) is 9.71. The van der Waals surface area contributed by atoms with Crippen LogP contribution in [0.5, 0.6) is 0 Å². The van der Waals surface area contributed by atoms with E-state index < -0.39 is 30.6 Å². The second-order valence-corrected chi connectivity index (χ2v) is 8.48. The van der Waals surface area contributed by atoms with Gasteiger partial charge in [0, 0.05) is 16.8 Å². The summed E-state index contributed by atoms with van der Waals surface area (Å²) in [6.45, 7) is 2.31. The number of fused-ring (bicyclic) bond motifs is 1. The summed E-state index contributed by atoms with van der Waals surface area (Å²) >= 11 is 12.0. The minimum absolute atomic E-state index is 0.0242. The van der Waals surface area contributed by atoms with E-state index in [1.165, 1.54) is 48.5 Å². The number of benzodiazepines with no additional fused rings is 1. The molecule has 1 aliphatic rings. The maximum atomic E-state index is 14.8. The van der Waals surface area contributed by atoms with E-state index in [-0.39, 0.29) is 33.2 Å². The fourth-order valence-electron chi connectivity index (χ4n) is 3.67. The number of carbonyl (C=O) groups is 1. The van der Waals surface area contributed by atoms with Crippen LogP contribution in [0.15, 0.2) is 78.3 Å². The minimum Gasteiger partial charge on any atom is -0.356 e. The average molecular weight is 522 g/mol. The van der Waals surface area contributed by atoms with Crippen molar-refractivity contribution in [1.82, 2.24) is 5.32 Å². The molecule has 1 amide bonds. The van der Waals surface area contributed by atoms with E-state index in [0.29, 0.717) is 15.5 Å². The summed E-state index contributed by atoms with van der Waals surface area (Å²) < 4.78 is 55.3. The molecule has 0 bridgehead atoms. The van der Waals surface area contributed by atoms with Gasteiger partial charge in [-0.2, -0.15) is 13.2 Å². The van der Waals surface area contributed by atoms with Crippen molar-refractivity contribution in [2.45, 2.75) is 12.3 Å². The highest BCUT2D eigenvalue weighted by Gasteiger charge is 2.39.